The van der Waals surface area contributed by atoms with Crippen LogP contribution in [0.5, 0.6) is 0 Å². The highest BCUT2D eigenvalue weighted by molar-refractivity contribution is 5.93. The Labute approximate surface area is 231 Å². The predicted molar refractivity (Wildman–Crippen MR) is 138 cm³/mol. The number of aromatic nitrogens is 6. The summed E-state index contributed by atoms with van der Waals surface area (Å²) in [7, 11) is 0. The molecule has 0 aromatic carbocycles. The summed E-state index contributed by atoms with van der Waals surface area (Å²) < 4.78 is 41.5. The largest absolute Gasteiger partial charge is 0.433 e. The molecule has 0 unspecified atom stereocenters. The van der Waals surface area contributed by atoms with Crippen molar-refractivity contribution in [1.29, 1.82) is 10.5 Å². The van der Waals surface area contributed by atoms with E-state index < -0.39 is 29.0 Å². The molecule has 41 heavy (non-hydrogen) atoms. The van der Waals surface area contributed by atoms with Crippen molar-refractivity contribution in [2.75, 3.05) is 26.2 Å². The number of hydrogen-bond acceptors (Lipinski definition) is 8. The van der Waals surface area contributed by atoms with Gasteiger partial charge < -0.3 is 9.88 Å². The number of halogens is 3. The van der Waals surface area contributed by atoms with E-state index in [-0.39, 0.29) is 18.0 Å². The molecule has 1 saturated carbocycles. The third-order valence-electron chi connectivity index (χ3n) is 7.92. The summed E-state index contributed by atoms with van der Waals surface area (Å²) in [5.74, 6) is -0.634. The van der Waals surface area contributed by atoms with Gasteiger partial charge in [0.05, 0.1) is 41.6 Å². The van der Waals surface area contributed by atoms with E-state index in [0.29, 0.717) is 45.1 Å². The van der Waals surface area contributed by atoms with Gasteiger partial charge in [-0.1, -0.05) is 0 Å². The maximum Gasteiger partial charge on any atom is 0.433 e. The number of nitrogens with zero attached hydrogens (tertiary/aromatic N) is 9. The standard InChI is InChI=1S/C27H23F3N10O/c28-27(29,30)22-10-17(13-32)9-21(37-22)25(41)39-7-5-38(6-8-39)19-11-26(12-19,2-3-31)40-15-18(14-36-40)23-20-1-4-33-24(20)35-16-34-23/h1,4,9-10,14-16,19H,2,5-8,11-12H2,(H,33,34,35)/t19-,26-. The first-order valence-corrected chi connectivity index (χ1v) is 12.9. The maximum atomic E-state index is 13.2. The first-order valence-electron chi connectivity index (χ1n) is 12.9. The average molecular weight is 561 g/mol. The Bertz CT molecular complexity index is 1700. The van der Waals surface area contributed by atoms with Crippen LogP contribution in [0.2, 0.25) is 0 Å². The van der Waals surface area contributed by atoms with Crippen LogP contribution in [0, 0.1) is 22.7 Å². The van der Waals surface area contributed by atoms with Gasteiger partial charge in [0.1, 0.15) is 23.4 Å². The molecule has 14 heteroatoms. The minimum atomic E-state index is -4.76. The van der Waals surface area contributed by atoms with E-state index in [1.807, 2.05) is 16.9 Å². The molecule has 1 aliphatic heterocycles. The van der Waals surface area contributed by atoms with Gasteiger partial charge >= 0.3 is 6.18 Å². The van der Waals surface area contributed by atoms with E-state index >= 15 is 0 Å². The van der Waals surface area contributed by atoms with Crippen LogP contribution in [0.4, 0.5) is 13.2 Å². The zero-order chi connectivity index (χ0) is 28.8. The van der Waals surface area contributed by atoms with Gasteiger partial charge in [-0.25, -0.2) is 15.0 Å². The fourth-order valence-corrected chi connectivity index (χ4v) is 5.74. The molecule has 4 aromatic rings. The summed E-state index contributed by atoms with van der Waals surface area (Å²) in [6.07, 6.45) is 3.86. The van der Waals surface area contributed by atoms with Crippen molar-refractivity contribution in [3.05, 3.63) is 60.1 Å². The van der Waals surface area contributed by atoms with Crippen molar-refractivity contribution in [2.45, 2.75) is 37.0 Å². The zero-order valence-corrected chi connectivity index (χ0v) is 21.6. The number of alkyl halides is 3. The Morgan fingerprint density at radius 1 is 1.15 bits per heavy atom. The summed E-state index contributed by atoms with van der Waals surface area (Å²) in [6, 6.07) is 7.76. The van der Waals surface area contributed by atoms with Gasteiger partial charge in [0.15, 0.2) is 0 Å². The van der Waals surface area contributed by atoms with Crippen molar-refractivity contribution in [3.8, 4) is 23.4 Å². The van der Waals surface area contributed by atoms with Crippen LogP contribution in [-0.2, 0) is 11.7 Å². The summed E-state index contributed by atoms with van der Waals surface area (Å²) in [6.45, 7) is 1.68. The van der Waals surface area contributed by atoms with E-state index in [0.717, 1.165) is 28.4 Å². The summed E-state index contributed by atoms with van der Waals surface area (Å²) in [5, 5.41) is 24.2. The summed E-state index contributed by atoms with van der Waals surface area (Å²) >= 11 is 0. The molecule has 1 amide bonds. The lowest BCUT2D eigenvalue weighted by Crippen LogP contribution is -2.60. The van der Waals surface area contributed by atoms with E-state index in [1.165, 1.54) is 11.2 Å². The van der Waals surface area contributed by atoms with E-state index in [2.05, 4.69) is 36.0 Å². The van der Waals surface area contributed by atoms with E-state index in [1.54, 1.807) is 18.5 Å². The second-order valence-electron chi connectivity index (χ2n) is 10.3. The molecule has 11 nitrogen and oxygen atoms in total. The average Bonchev–Trinajstić information content (AvgIpc) is 3.64. The van der Waals surface area contributed by atoms with E-state index in [4.69, 9.17) is 5.26 Å². The SMILES string of the molecule is N#CC[C@]1(n2cc(-c3ncnc4[nH]ccc34)cn2)C[C@H](N2CCN(C(=O)c3cc(C#N)cc(C(F)(F)F)n3)CC2)C1. The Kier molecular flexibility index (Phi) is 6.43. The van der Waals surface area contributed by atoms with Gasteiger partial charge in [0.2, 0.25) is 0 Å². The molecule has 208 valence electrons. The van der Waals surface area contributed by atoms with Gasteiger partial charge in [-0.3, -0.25) is 14.4 Å². The number of carbonyl (C=O) groups excluding carboxylic acids is 1. The van der Waals surface area contributed by atoms with Crippen molar-refractivity contribution in [1.82, 2.24) is 39.5 Å². The Morgan fingerprint density at radius 2 is 1.93 bits per heavy atom. The van der Waals surface area contributed by atoms with Crippen molar-refractivity contribution in [3.63, 3.8) is 0 Å². The molecule has 5 heterocycles. The second-order valence-corrected chi connectivity index (χ2v) is 10.3. The molecule has 0 radical (unpaired) electrons. The fraction of sp³-hybridized carbons (Fsp3) is 0.370. The number of H-pyrrole nitrogens is 1. The van der Waals surface area contributed by atoms with Crippen LogP contribution in [-0.4, -0.2) is 77.6 Å². The smallest absolute Gasteiger partial charge is 0.346 e. The normalized spacial score (nSPS) is 21.3. The van der Waals surface area contributed by atoms with Crippen LogP contribution in [0.25, 0.3) is 22.3 Å². The predicted octanol–water partition coefficient (Wildman–Crippen LogP) is 3.34. The molecule has 2 fully saturated rings. The van der Waals surface area contributed by atoms with Gasteiger partial charge in [-0.2, -0.15) is 28.8 Å². The lowest BCUT2D eigenvalue weighted by molar-refractivity contribution is -0.141. The third-order valence-corrected chi connectivity index (χ3v) is 7.92. The van der Waals surface area contributed by atoms with Crippen LogP contribution in [0.1, 0.15) is 41.0 Å². The number of fused-ring (bicyclic) bond motifs is 1. The maximum absolute atomic E-state index is 13.2. The Balaban J connectivity index is 1.12. The molecule has 4 aromatic heterocycles. The molecule has 1 aliphatic carbocycles. The van der Waals surface area contributed by atoms with Crippen LogP contribution < -0.4 is 0 Å². The molecule has 6 rings (SSSR count). The molecule has 0 bridgehead atoms. The highest BCUT2D eigenvalue weighted by Crippen LogP contribution is 2.45. The Morgan fingerprint density at radius 3 is 2.63 bits per heavy atom. The van der Waals surface area contributed by atoms with Crippen LogP contribution >= 0.6 is 0 Å². The Hall–Kier alpha value is -4.82. The number of piperazine rings is 1. The van der Waals surface area contributed by atoms with Gasteiger partial charge in [-0.15, -0.1) is 0 Å². The quantitative estimate of drug-likeness (QED) is 0.392. The number of pyridine rings is 1. The van der Waals surface area contributed by atoms with E-state index in [9.17, 15) is 23.2 Å². The number of amides is 1. The molecule has 2 aliphatic rings. The topological polar surface area (TPSA) is 143 Å². The van der Waals surface area contributed by atoms with Gasteiger partial charge in [0.25, 0.3) is 5.91 Å². The molecular formula is C27H23F3N10O. The minimum Gasteiger partial charge on any atom is -0.346 e. The van der Waals surface area contributed by atoms with Crippen LogP contribution in [0.3, 0.4) is 0 Å². The zero-order valence-electron chi connectivity index (χ0n) is 21.6. The fourth-order valence-electron chi connectivity index (χ4n) is 5.74. The number of aromatic amines is 1. The number of hydrogen-bond donors (Lipinski definition) is 1. The van der Waals surface area contributed by atoms with Crippen molar-refractivity contribution < 1.29 is 18.0 Å². The number of nitriles is 2. The van der Waals surface area contributed by atoms with Gasteiger partial charge in [-0.05, 0) is 31.0 Å². The molecule has 1 N–H and O–H groups in total. The summed E-state index contributed by atoms with van der Waals surface area (Å²) in [4.78, 5) is 31.9. The van der Waals surface area contributed by atoms with Crippen molar-refractivity contribution >= 4 is 16.9 Å². The van der Waals surface area contributed by atoms with Crippen LogP contribution in [0.15, 0.2) is 43.1 Å². The molecular weight excluding hydrogens is 537 g/mol. The minimum absolute atomic E-state index is 0.167. The number of rotatable bonds is 5. The number of carbonyl (C=O) groups is 1. The van der Waals surface area contributed by atoms with Gasteiger partial charge in [0, 0.05) is 55.6 Å². The molecule has 0 atom stereocenters. The first kappa shape index (κ1) is 26.4. The third kappa shape index (κ3) is 4.76. The monoisotopic (exact) mass is 560 g/mol. The van der Waals surface area contributed by atoms with Crippen molar-refractivity contribution in [2.24, 2.45) is 0 Å². The lowest BCUT2D eigenvalue weighted by atomic mass is 9.70. The second kappa shape index (κ2) is 9.98. The lowest BCUT2D eigenvalue weighted by Gasteiger charge is -2.52. The molecule has 1 saturated heterocycles. The highest BCUT2D eigenvalue weighted by atomic mass is 19.4. The highest BCUT2D eigenvalue weighted by Gasteiger charge is 2.49. The first-order chi connectivity index (χ1) is 19.7. The summed E-state index contributed by atoms with van der Waals surface area (Å²) in [5.41, 5.74) is -0.0832. The molecule has 0 spiro atoms. The number of nitrogens with one attached hydrogen (secondary N) is 1.